The Kier molecular flexibility index (Phi) is 5.24. The first kappa shape index (κ1) is 18.7. The number of aromatic amines is 1. The van der Waals surface area contributed by atoms with E-state index in [0.29, 0.717) is 37.3 Å². The molecule has 8 nitrogen and oxygen atoms in total. The van der Waals surface area contributed by atoms with Crippen molar-refractivity contribution in [2.24, 2.45) is 0 Å². The Labute approximate surface area is 143 Å². The van der Waals surface area contributed by atoms with E-state index in [1.165, 1.54) is 0 Å². The van der Waals surface area contributed by atoms with Gasteiger partial charge in [-0.3, -0.25) is 5.10 Å². The van der Waals surface area contributed by atoms with Crippen LogP contribution in [0, 0.1) is 13.8 Å². The molecule has 0 aliphatic carbocycles. The molecule has 9 heteroatoms. The van der Waals surface area contributed by atoms with Gasteiger partial charge in [-0.2, -0.15) is 5.10 Å². The number of hydrogen-bond donors (Lipinski definition) is 2. The normalized spacial score (nSPS) is 17.1. The van der Waals surface area contributed by atoms with Gasteiger partial charge in [0.15, 0.2) is 0 Å². The Morgan fingerprint density at radius 1 is 1.29 bits per heavy atom. The molecule has 0 aromatic carbocycles. The highest BCUT2D eigenvalue weighted by molar-refractivity contribution is 7.89. The van der Waals surface area contributed by atoms with Crippen LogP contribution in [0.2, 0.25) is 0 Å². The molecular formula is C15H26N4O4S. The van der Waals surface area contributed by atoms with Gasteiger partial charge in [0.05, 0.1) is 11.4 Å². The SMILES string of the molecule is Cc1n[nH]c(C)c1S(=O)(=O)NC1CCN(C(=O)OC(C)(C)C)CC1. The van der Waals surface area contributed by atoms with E-state index in [-0.39, 0.29) is 17.0 Å². The quantitative estimate of drug-likeness (QED) is 0.856. The first-order valence-electron chi connectivity index (χ1n) is 8.01. The van der Waals surface area contributed by atoms with Crippen molar-refractivity contribution in [1.82, 2.24) is 19.8 Å². The van der Waals surface area contributed by atoms with Crippen molar-refractivity contribution in [2.75, 3.05) is 13.1 Å². The third kappa shape index (κ3) is 4.47. The highest BCUT2D eigenvalue weighted by Gasteiger charge is 2.30. The third-order valence-electron chi connectivity index (χ3n) is 3.80. The number of hydrogen-bond acceptors (Lipinski definition) is 5. The van der Waals surface area contributed by atoms with E-state index in [9.17, 15) is 13.2 Å². The number of nitrogens with zero attached hydrogens (tertiary/aromatic N) is 2. The molecule has 0 saturated carbocycles. The van der Waals surface area contributed by atoms with Crippen LogP contribution < -0.4 is 4.72 Å². The molecule has 1 amide bonds. The van der Waals surface area contributed by atoms with Gasteiger partial charge in [-0.1, -0.05) is 0 Å². The summed E-state index contributed by atoms with van der Waals surface area (Å²) >= 11 is 0. The number of H-pyrrole nitrogens is 1. The minimum Gasteiger partial charge on any atom is -0.444 e. The van der Waals surface area contributed by atoms with Crippen molar-refractivity contribution in [3.05, 3.63) is 11.4 Å². The number of ether oxygens (including phenoxy) is 1. The van der Waals surface area contributed by atoms with Crippen LogP contribution >= 0.6 is 0 Å². The number of nitrogens with one attached hydrogen (secondary N) is 2. The smallest absolute Gasteiger partial charge is 0.410 e. The van der Waals surface area contributed by atoms with E-state index >= 15 is 0 Å². The zero-order chi connectivity index (χ0) is 18.1. The maximum atomic E-state index is 12.5. The summed E-state index contributed by atoms with van der Waals surface area (Å²) in [6.45, 7) is 9.73. The number of carbonyl (C=O) groups is 1. The lowest BCUT2D eigenvalue weighted by atomic mass is 10.1. The number of likely N-dealkylation sites (tertiary alicyclic amines) is 1. The molecule has 1 saturated heterocycles. The second kappa shape index (κ2) is 6.72. The maximum absolute atomic E-state index is 12.5. The van der Waals surface area contributed by atoms with Gasteiger partial charge in [-0.15, -0.1) is 0 Å². The molecule has 1 fully saturated rings. The Morgan fingerprint density at radius 2 is 1.88 bits per heavy atom. The van der Waals surface area contributed by atoms with Crippen LogP contribution in [-0.2, 0) is 14.8 Å². The minimum atomic E-state index is -3.62. The second-order valence-electron chi connectivity index (χ2n) is 7.13. The van der Waals surface area contributed by atoms with Gasteiger partial charge in [0, 0.05) is 19.1 Å². The number of piperidine rings is 1. The van der Waals surface area contributed by atoms with Crippen molar-refractivity contribution in [2.45, 2.75) is 64.0 Å². The van der Waals surface area contributed by atoms with Crippen LogP contribution in [0.4, 0.5) is 4.79 Å². The van der Waals surface area contributed by atoms with E-state index in [1.54, 1.807) is 18.7 Å². The van der Waals surface area contributed by atoms with Crippen molar-refractivity contribution in [3.63, 3.8) is 0 Å². The molecule has 0 atom stereocenters. The van der Waals surface area contributed by atoms with E-state index in [2.05, 4.69) is 14.9 Å². The van der Waals surface area contributed by atoms with Gasteiger partial charge < -0.3 is 9.64 Å². The molecule has 1 aliphatic heterocycles. The molecule has 2 rings (SSSR count). The number of aromatic nitrogens is 2. The molecule has 24 heavy (non-hydrogen) atoms. The standard InChI is InChI=1S/C15H26N4O4S/c1-10-13(11(2)17-16-10)24(21,22)18-12-6-8-19(9-7-12)14(20)23-15(3,4)5/h12,18H,6-9H2,1-5H3,(H,16,17). The summed E-state index contributed by atoms with van der Waals surface area (Å²) < 4.78 is 33.1. The Balaban J connectivity index is 1.95. The van der Waals surface area contributed by atoms with Gasteiger partial charge in [-0.25, -0.2) is 17.9 Å². The molecule has 0 radical (unpaired) electrons. The molecule has 2 N–H and O–H groups in total. The van der Waals surface area contributed by atoms with Gasteiger partial charge in [0.1, 0.15) is 10.5 Å². The summed E-state index contributed by atoms with van der Waals surface area (Å²) in [7, 11) is -3.62. The van der Waals surface area contributed by atoms with Crippen molar-refractivity contribution in [3.8, 4) is 0 Å². The van der Waals surface area contributed by atoms with Crippen molar-refractivity contribution in [1.29, 1.82) is 0 Å². The number of sulfonamides is 1. The summed E-state index contributed by atoms with van der Waals surface area (Å²) in [5.41, 5.74) is 0.434. The summed E-state index contributed by atoms with van der Waals surface area (Å²) in [6.07, 6.45) is 0.744. The third-order valence-corrected chi connectivity index (χ3v) is 5.58. The largest absolute Gasteiger partial charge is 0.444 e. The molecule has 136 valence electrons. The fourth-order valence-corrected chi connectivity index (χ4v) is 4.40. The zero-order valence-electron chi connectivity index (χ0n) is 14.8. The Morgan fingerprint density at radius 3 is 2.33 bits per heavy atom. The second-order valence-corrected chi connectivity index (χ2v) is 8.78. The van der Waals surface area contributed by atoms with Crippen LogP contribution in [0.25, 0.3) is 0 Å². The monoisotopic (exact) mass is 358 g/mol. The van der Waals surface area contributed by atoms with Gasteiger partial charge in [-0.05, 0) is 47.5 Å². The van der Waals surface area contributed by atoms with Gasteiger partial charge in [0.2, 0.25) is 10.0 Å². The van der Waals surface area contributed by atoms with Crippen molar-refractivity contribution >= 4 is 16.1 Å². The van der Waals surface area contributed by atoms with Crippen LogP contribution in [0.5, 0.6) is 0 Å². The number of carbonyl (C=O) groups excluding carboxylic acids is 1. The van der Waals surface area contributed by atoms with Crippen molar-refractivity contribution < 1.29 is 17.9 Å². The highest BCUT2D eigenvalue weighted by Crippen LogP contribution is 2.20. The van der Waals surface area contributed by atoms with E-state index < -0.39 is 15.6 Å². The average Bonchev–Trinajstić information content (AvgIpc) is 2.77. The lowest BCUT2D eigenvalue weighted by Crippen LogP contribution is -2.47. The van der Waals surface area contributed by atoms with E-state index in [4.69, 9.17) is 4.74 Å². The molecular weight excluding hydrogens is 332 g/mol. The van der Waals surface area contributed by atoms with Crippen LogP contribution in [-0.4, -0.2) is 54.3 Å². The van der Waals surface area contributed by atoms with Gasteiger partial charge in [0.25, 0.3) is 0 Å². The number of amides is 1. The topological polar surface area (TPSA) is 104 Å². The zero-order valence-corrected chi connectivity index (χ0v) is 15.7. The first-order chi connectivity index (χ1) is 11.0. The lowest BCUT2D eigenvalue weighted by Gasteiger charge is -2.33. The summed E-state index contributed by atoms with van der Waals surface area (Å²) in [5.74, 6) is 0. The molecule has 0 bridgehead atoms. The van der Waals surface area contributed by atoms with Crippen LogP contribution in [0.15, 0.2) is 4.90 Å². The predicted octanol–water partition coefficient (Wildman–Crippen LogP) is 1.70. The molecule has 2 heterocycles. The molecule has 1 aliphatic rings. The number of rotatable bonds is 3. The fourth-order valence-electron chi connectivity index (χ4n) is 2.72. The van der Waals surface area contributed by atoms with Crippen LogP contribution in [0.1, 0.15) is 45.0 Å². The predicted molar refractivity (Wildman–Crippen MR) is 89.2 cm³/mol. The highest BCUT2D eigenvalue weighted by atomic mass is 32.2. The van der Waals surface area contributed by atoms with E-state index in [0.717, 1.165) is 0 Å². The molecule has 1 aromatic heterocycles. The van der Waals surface area contributed by atoms with Crippen LogP contribution in [0.3, 0.4) is 0 Å². The first-order valence-corrected chi connectivity index (χ1v) is 9.50. The lowest BCUT2D eigenvalue weighted by molar-refractivity contribution is 0.0204. The summed E-state index contributed by atoms with van der Waals surface area (Å²) in [6, 6.07) is -0.206. The Hall–Kier alpha value is -1.61. The Bertz CT molecular complexity index is 678. The molecule has 1 aromatic rings. The average molecular weight is 358 g/mol. The maximum Gasteiger partial charge on any atom is 0.410 e. The van der Waals surface area contributed by atoms with Gasteiger partial charge >= 0.3 is 6.09 Å². The number of aryl methyl sites for hydroxylation is 2. The van der Waals surface area contributed by atoms with E-state index in [1.807, 2.05) is 20.8 Å². The summed E-state index contributed by atoms with van der Waals surface area (Å²) in [4.78, 5) is 13.9. The summed E-state index contributed by atoms with van der Waals surface area (Å²) in [5, 5.41) is 6.62. The molecule has 0 spiro atoms. The fraction of sp³-hybridized carbons (Fsp3) is 0.733. The molecule has 0 unspecified atom stereocenters. The minimum absolute atomic E-state index is 0.206.